The lowest BCUT2D eigenvalue weighted by Gasteiger charge is -2.22. The van der Waals surface area contributed by atoms with Gasteiger partial charge in [-0.05, 0) is 30.3 Å². The SMILES string of the molecule is Cn1cc(NC(=O)c2cc(NC(=O)c3nc(NC(=O)c4ccc(N(CCCl)CCCl)cc4)cn3C)nn2C)cc1C(=O)Nc1cc(C(=O)NCCC(=N)N)n(C)n1. The predicted octanol–water partition coefficient (Wildman–Crippen LogP) is 2.57. The number of nitrogens with zero attached hydrogens (tertiary/aromatic N) is 8. The summed E-state index contributed by atoms with van der Waals surface area (Å²) >= 11 is 11.8. The molecule has 0 atom stereocenters. The quantitative estimate of drug-likeness (QED) is 0.0410. The van der Waals surface area contributed by atoms with E-state index in [4.69, 9.17) is 34.3 Å². The third-order valence-corrected chi connectivity index (χ3v) is 8.75. The molecule has 22 heteroatoms. The Morgan fingerprint density at radius 1 is 0.702 bits per heavy atom. The molecule has 0 fully saturated rings. The van der Waals surface area contributed by atoms with Crippen LogP contribution in [0.15, 0.2) is 54.9 Å². The summed E-state index contributed by atoms with van der Waals surface area (Å²) in [5.41, 5.74) is 7.33. The first kappa shape index (κ1) is 41.5. The van der Waals surface area contributed by atoms with E-state index in [1.807, 2.05) is 4.90 Å². The molecule has 1 aromatic carbocycles. The Hall–Kier alpha value is -6.67. The smallest absolute Gasteiger partial charge is 0.292 e. The fraction of sp³-hybridized carbons (Fsp3) is 0.286. The molecule has 8 N–H and O–H groups in total. The van der Waals surface area contributed by atoms with Crippen molar-refractivity contribution in [3.8, 4) is 0 Å². The summed E-state index contributed by atoms with van der Waals surface area (Å²) in [6, 6.07) is 11.2. The van der Waals surface area contributed by atoms with Crippen molar-refractivity contribution in [2.24, 2.45) is 33.9 Å². The number of alkyl halides is 2. The molecule has 57 heavy (non-hydrogen) atoms. The van der Waals surface area contributed by atoms with Gasteiger partial charge in [0, 0.05) is 102 Å². The van der Waals surface area contributed by atoms with Crippen LogP contribution in [0, 0.1) is 5.41 Å². The molecule has 20 nitrogen and oxygen atoms in total. The summed E-state index contributed by atoms with van der Waals surface area (Å²) < 4.78 is 5.51. The minimum absolute atomic E-state index is 0.0277. The number of carbonyl (C=O) groups excluding carboxylic acids is 5. The second-order valence-corrected chi connectivity index (χ2v) is 13.4. The molecule has 0 aliphatic heterocycles. The molecule has 0 aliphatic carbocycles. The Morgan fingerprint density at radius 2 is 1.26 bits per heavy atom. The zero-order chi connectivity index (χ0) is 41.4. The van der Waals surface area contributed by atoms with Gasteiger partial charge in [0.25, 0.3) is 29.5 Å². The van der Waals surface area contributed by atoms with Crippen molar-refractivity contribution in [1.29, 1.82) is 5.41 Å². The molecule has 0 unspecified atom stereocenters. The number of halogens is 2. The molecule has 0 aliphatic rings. The van der Waals surface area contributed by atoms with Crippen molar-refractivity contribution in [2.45, 2.75) is 6.42 Å². The summed E-state index contributed by atoms with van der Waals surface area (Å²) in [6.07, 6.45) is 3.21. The zero-order valence-electron chi connectivity index (χ0n) is 31.4. The van der Waals surface area contributed by atoms with E-state index >= 15 is 0 Å². The lowest BCUT2D eigenvalue weighted by Crippen LogP contribution is -2.29. The van der Waals surface area contributed by atoms with Crippen LogP contribution in [0.25, 0.3) is 0 Å². The van der Waals surface area contributed by atoms with Crippen LogP contribution in [0.1, 0.15) is 58.9 Å². The van der Waals surface area contributed by atoms with Gasteiger partial charge in [0.05, 0.1) is 11.5 Å². The topological polar surface area (TPSA) is 257 Å². The van der Waals surface area contributed by atoms with E-state index in [1.165, 1.54) is 56.1 Å². The molecular weight excluding hydrogens is 781 g/mol. The van der Waals surface area contributed by atoms with Crippen LogP contribution in [0.3, 0.4) is 0 Å². The van der Waals surface area contributed by atoms with Crippen LogP contribution in [0.5, 0.6) is 0 Å². The van der Waals surface area contributed by atoms with Gasteiger partial charge in [-0.2, -0.15) is 10.2 Å². The number of hydrogen-bond donors (Lipinski definition) is 7. The normalized spacial score (nSPS) is 10.8. The number of aromatic nitrogens is 7. The number of benzene rings is 1. The van der Waals surface area contributed by atoms with Crippen molar-refractivity contribution < 1.29 is 24.0 Å². The molecular formula is C35H41Cl2N15O5. The fourth-order valence-electron chi connectivity index (χ4n) is 5.61. The first-order valence-electron chi connectivity index (χ1n) is 17.3. The molecule has 4 heterocycles. The van der Waals surface area contributed by atoms with E-state index in [-0.39, 0.29) is 59.2 Å². The first-order chi connectivity index (χ1) is 27.2. The number of amides is 5. The van der Waals surface area contributed by atoms with Crippen LogP contribution >= 0.6 is 23.2 Å². The van der Waals surface area contributed by atoms with Gasteiger partial charge < -0.3 is 46.4 Å². The summed E-state index contributed by atoms with van der Waals surface area (Å²) in [7, 11) is 6.27. The van der Waals surface area contributed by atoms with Crippen molar-refractivity contribution in [2.75, 3.05) is 57.6 Å². The molecule has 4 aromatic heterocycles. The van der Waals surface area contributed by atoms with Crippen LogP contribution < -0.4 is 37.2 Å². The van der Waals surface area contributed by atoms with E-state index < -0.39 is 29.5 Å². The number of aryl methyl sites for hydroxylation is 4. The van der Waals surface area contributed by atoms with E-state index in [0.717, 1.165) is 5.69 Å². The molecule has 5 amide bonds. The Morgan fingerprint density at radius 3 is 1.86 bits per heavy atom. The fourth-order valence-corrected chi connectivity index (χ4v) is 6.02. The zero-order valence-corrected chi connectivity index (χ0v) is 32.9. The second-order valence-electron chi connectivity index (χ2n) is 12.6. The largest absolute Gasteiger partial charge is 0.388 e. The summed E-state index contributed by atoms with van der Waals surface area (Å²) in [5, 5.41) is 29.0. The minimum Gasteiger partial charge on any atom is -0.388 e. The number of anilines is 5. The van der Waals surface area contributed by atoms with E-state index in [0.29, 0.717) is 36.1 Å². The highest BCUT2D eigenvalue weighted by atomic mass is 35.5. The van der Waals surface area contributed by atoms with Crippen molar-refractivity contribution in [1.82, 2.24) is 39.0 Å². The standard InChI is InChI=1S/C35H41Cl2N15O5/c1-48-18-21(15-23(48)33(55)43-27-16-24(50(3)46-27)32(54)40-12-9-26(38)39)41-34(56)25-17-28(47-51(25)4)44-35(57)30-42-29(19-49(30)2)45-31(53)20-5-7-22(8-6-20)52(13-10-36)14-11-37/h5-8,15-19H,9-14H2,1-4H3,(H3,38,39)(H,40,54)(H,41,56)(H,45,53)(H,43,46,55)(H,44,47,57). The number of nitrogens with one attached hydrogen (secondary N) is 6. The van der Waals surface area contributed by atoms with Gasteiger partial charge in [0.15, 0.2) is 17.5 Å². The maximum atomic E-state index is 13.3. The maximum absolute atomic E-state index is 13.3. The summed E-state index contributed by atoms with van der Waals surface area (Å²) in [6.45, 7) is 1.39. The lowest BCUT2D eigenvalue weighted by atomic mass is 10.2. The van der Waals surface area contributed by atoms with Crippen LogP contribution in [0.2, 0.25) is 0 Å². The molecule has 300 valence electrons. The number of nitrogens with two attached hydrogens (primary N) is 1. The number of imidazole rings is 1. The first-order valence-corrected chi connectivity index (χ1v) is 18.4. The molecule has 0 saturated heterocycles. The monoisotopic (exact) mass is 821 g/mol. The van der Waals surface area contributed by atoms with Crippen molar-refractivity contribution in [3.05, 3.63) is 83.3 Å². The van der Waals surface area contributed by atoms with Gasteiger partial charge in [0.2, 0.25) is 5.82 Å². The molecule has 0 bridgehead atoms. The van der Waals surface area contributed by atoms with E-state index in [9.17, 15) is 24.0 Å². The van der Waals surface area contributed by atoms with Gasteiger partial charge in [-0.25, -0.2) is 4.98 Å². The Labute approximate surface area is 336 Å². The second kappa shape index (κ2) is 18.3. The predicted molar refractivity (Wildman–Crippen MR) is 216 cm³/mol. The molecule has 5 rings (SSSR count). The highest BCUT2D eigenvalue weighted by Gasteiger charge is 2.22. The van der Waals surface area contributed by atoms with E-state index in [1.54, 1.807) is 45.4 Å². The highest BCUT2D eigenvalue weighted by Crippen LogP contribution is 2.20. The van der Waals surface area contributed by atoms with Gasteiger partial charge in [-0.3, -0.25) is 38.7 Å². The van der Waals surface area contributed by atoms with Gasteiger partial charge in [0.1, 0.15) is 17.1 Å². The van der Waals surface area contributed by atoms with Gasteiger partial charge in [-0.15, -0.1) is 23.2 Å². The summed E-state index contributed by atoms with van der Waals surface area (Å²) in [4.78, 5) is 71.3. The van der Waals surface area contributed by atoms with Gasteiger partial charge in [-0.1, -0.05) is 0 Å². The maximum Gasteiger partial charge on any atom is 0.292 e. The molecule has 0 radical (unpaired) electrons. The molecule has 5 aromatic rings. The number of hydrogen-bond acceptors (Lipinski definition) is 10. The average Bonchev–Trinajstić information content (AvgIpc) is 3.92. The van der Waals surface area contributed by atoms with Crippen LogP contribution in [-0.4, -0.2) is 100 Å². The summed E-state index contributed by atoms with van der Waals surface area (Å²) in [5.74, 6) is -1.54. The van der Waals surface area contributed by atoms with Crippen molar-refractivity contribution in [3.63, 3.8) is 0 Å². The average molecular weight is 823 g/mol. The van der Waals surface area contributed by atoms with E-state index in [2.05, 4.69) is 41.8 Å². The number of rotatable bonds is 17. The lowest BCUT2D eigenvalue weighted by molar-refractivity contribution is 0.0942. The third-order valence-electron chi connectivity index (χ3n) is 8.41. The molecule has 0 saturated carbocycles. The minimum atomic E-state index is -0.640. The number of carbonyl (C=O) groups is 5. The highest BCUT2D eigenvalue weighted by molar-refractivity contribution is 6.18. The Bertz CT molecular complexity index is 2300. The van der Waals surface area contributed by atoms with Crippen LogP contribution in [0.4, 0.5) is 28.8 Å². The number of amidine groups is 1. The molecule has 0 spiro atoms. The third kappa shape index (κ3) is 10.3. The van der Waals surface area contributed by atoms with Gasteiger partial charge >= 0.3 is 0 Å². The van der Waals surface area contributed by atoms with Crippen LogP contribution in [-0.2, 0) is 28.2 Å². The van der Waals surface area contributed by atoms with Crippen molar-refractivity contribution >= 4 is 87.4 Å². The Balaban J connectivity index is 1.17. The Kier molecular flexibility index (Phi) is 13.3.